The highest BCUT2D eigenvalue weighted by atomic mass is 14.8. The molecule has 2 nitrogen and oxygen atoms in total. The summed E-state index contributed by atoms with van der Waals surface area (Å²) in [5.41, 5.74) is 1.17. The lowest BCUT2D eigenvalue weighted by Crippen LogP contribution is -2.14. The zero-order chi connectivity index (χ0) is 10.1. The maximum atomic E-state index is 4.05. The summed E-state index contributed by atoms with van der Waals surface area (Å²) in [4.78, 5) is 4.05. The Bertz CT molecular complexity index is 254. The van der Waals surface area contributed by atoms with Crippen molar-refractivity contribution in [2.45, 2.75) is 19.8 Å². The highest BCUT2D eigenvalue weighted by molar-refractivity contribution is 5.47. The van der Waals surface area contributed by atoms with Crippen LogP contribution in [0.1, 0.15) is 25.3 Å². The van der Waals surface area contributed by atoms with Crippen LogP contribution in [0.3, 0.4) is 0 Å². The van der Waals surface area contributed by atoms with E-state index in [0.29, 0.717) is 0 Å². The van der Waals surface area contributed by atoms with Crippen LogP contribution >= 0.6 is 0 Å². The topological polar surface area (TPSA) is 24.9 Å². The van der Waals surface area contributed by atoms with Gasteiger partial charge in [0, 0.05) is 12.4 Å². The van der Waals surface area contributed by atoms with Gasteiger partial charge in [0.05, 0.1) is 0 Å². The Hall–Kier alpha value is -1.15. The molecule has 0 aliphatic heterocycles. The fraction of sp³-hybridized carbons (Fsp3) is 0.417. The van der Waals surface area contributed by atoms with Gasteiger partial charge in [0.2, 0.25) is 0 Å². The lowest BCUT2D eigenvalue weighted by atomic mass is 10.2. The lowest BCUT2D eigenvalue weighted by molar-refractivity contribution is 0.679. The summed E-state index contributed by atoms with van der Waals surface area (Å²) < 4.78 is 0. The first-order valence-electron chi connectivity index (χ1n) is 5.20. The fourth-order valence-corrected chi connectivity index (χ4v) is 1.18. The summed E-state index contributed by atoms with van der Waals surface area (Å²) >= 11 is 0. The number of pyridine rings is 1. The molecule has 0 atom stereocenters. The second-order valence-corrected chi connectivity index (χ2v) is 3.23. The van der Waals surface area contributed by atoms with E-state index in [1.807, 2.05) is 12.3 Å². The molecule has 2 heteroatoms. The number of aromatic nitrogens is 1. The molecule has 1 rings (SSSR count). The van der Waals surface area contributed by atoms with Gasteiger partial charge in [0.25, 0.3) is 0 Å². The van der Waals surface area contributed by atoms with Gasteiger partial charge in [0.1, 0.15) is 0 Å². The third kappa shape index (κ3) is 4.77. The van der Waals surface area contributed by atoms with Crippen LogP contribution in [0.2, 0.25) is 0 Å². The van der Waals surface area contributed by atoms with Crippen LogP contribution in [0.4, 0.5) is 0 Å². The van der Waals surface area contributed by atoms with Crippen LogP contribution in [-0.2, 0) is 0 Å². The summed E-state index contributed by atoms with van der Waals surface area (Å²) in [6.45, 7) is 4.35. The Morgan fingerprint density at radius 3 is 3.07 bits per heavy atom. The number of rotatable bonds is 6. The summed E-state index contributed by atoms with van der Waals surface area (Å²) in [5, 5.41) is 3.35. The zero-order valence-electron chi connectivity index (χ0n) is 8.74. The maximum Gasteiger partial charge on any atom is 0.0340 e. The molecule has 1 heterocycles. The Kier molecular flexibility index (Phi) is 5.68. The van der Waals surface area contributed by atoms with Crippen LogP contribution < -0.4 is 5.32 Å². The SMILES string of the molecule is CCCNCCC=Cc1cccnc1. The highest BCUT2D eigenvalue weighted by Crippen LogP contribution is 1.98. The Morgan fingerprint density at radius 1 is 1.43 bits per heavy atom. The van der Waals surface area contributed by atoms with Crippen molar-refractivity contribution in [1.29, 1.82) is 0 Å². The molecule has 0 aromatic carbocycles. The first-order chi connectivity index (χ1) is 6.93. The smallest absolute Gasteiger partial charge is 0.0340 e. The van der Waals surface area contributed by atoms with E-state index in [-0.39, 0.29) is 0 Å². The minimum atomic E-state index is 1.06. The molecule has 0 radical (unpaired) electrons. The number of nitrogens with zero attached hydrogens (tertiary/aromatic N) is 1. The van der Waals surface area contributed by atoms with Gasteiger partial charge in [0.15, 0.2) is 0 Å². The Labute approximate surface area is 86.1 Å². The van der Waals surface area contributed by atoms with Crippen molar-refractivity contribution in [3.8, 4) is 0 Å². The van der Waals surface area contributed by atoms with Crippen molar-refractivity contribution >= 4 is 6.08 Å². The number of hydrogen-bond donors (Lipinski definition) is 1. The molecular formula is C12H18N2. The molecule has 0 saturated heterocycles. The van der Waals surface area contributed by atoms with Gasteiger partial charge in [-0.05, 0) is 37.6 Å². The molecule has 0 saturated carbocycles. The van der Waals surface area contributed by atoms with Gasteiger partial charge in [-0.1, -0.05) is 25.1 Å². The molecule has 1 aromatic heterocycles. The number of hydrogen-bond acceptors (Lipinski definition) is 2. The van der Waals surface area contributed by atoms with Crippen molar-refractivity contribution in [2.24, 2.45) is 0 Å². The molecule has 0 aliphatic rings. The van der Waals surface area contributed by atoms with Gasteiger partial charge in [-0.3, -0.25) is 4.98 Å². The molecule has 0 bridgehead atoms. The van der Waals surface area contributed by atoms with E-state index in [1.165, 1.54) is 12.0 Å². The lowest BCUT2D eigenvalue weighted by Gasteiger charge is -1.98. The molecule has 0 unspecified atom stereocenters. The van der Waals surface area contributed by atoms with Crippen LogP contribution in [0.25, 0.3) is 6.08 Å². The molecule has 14 heavy (non-hydrogen) atoms. The molecule has 0 amide bonds. The molecular weight excluding hydrogens is 172 g/mol. The summed E-state index contributed by atoms with van der Waals surface area (Å²) in [6.07, 6.45) is 10.2. The standard InChI is InChI=1S/C12H18N2/c1-2-8-13-9-4-3-6-12-7-5-10-14-11-12/h3,5-7,10-11,13H,2,4,8-9H2,1H3. The van der Waals surface area contributed by atoms with E-state index >= 15 is 0 Å². The zero-order valence-corrected chi connectivity index (χ0v) is 8.74. The minimum Gasteiger partial charge on any atom is -0.316 e. The quantitative estimate of drug-likeness (QED) is 0.697. The Balaban J connectivity index is 2.15. The van der Waals surface area contributed by atoms with Crippen LogP contribution in [0.15, 0.2) is 30.6 Å². The minimum absolute atomic E-state index is 1.06. The van der Waals surface area contributed by atoms with Crippen molar-refractivity contribution in [2.75, 3.05) is 13.1 Å². The van der Waals surface area contributed by atoms with E-state index in [4.69, 9.17) is 0 Å². The third-order valence-corrected chi connectivity index (χ3v) is 1.91. The first kappa shape index (κ1) is 10.9. The van der Waals surface area contributed by atoms with E-state index in [0.717, 1.165) is 19.5 Å². The predicted molar refractivity (Wildman–Crippen MR) is 61.0 cm³/mol. The molecule has 0 spiro atoms. The van der Waals surface area contributed by atoms with Crippen molar-refractivity contribution in [3.63, 3.8) is 0 Å². The van der Waals surface area contributed by atoms with Crippen LogP contribution in [0, 0.1) is 0 Å². The molecule has 1 N–H and O–H groups in total. The maximum absolute atomic E-state index is 4.05. The van der Waals surface area contributed by atoms with Crippen molar-refractivity contribution in [3.05, 3.63) is 36.2 Å². The van der Waals surface area contributed by atoms with Gasteiger partial charge < -0.3 is 5.32 Å². The van der Waals surface area contributed by atoms with Gasteiger partial charge in [-0.15, -0.1) is 0 Å². The van der Waals surface area contributed by atoms with Crippen LogP contribution in [-0.4, -0.2) is 18.1 Å². The monoisotopic (exact) mass is 190 g/mol. The summed E-state index contributed by atoms with van der Waals surface area (Å²) in [6, 6.07) is 4.01. The van der Waals surface area contributed by atoms with E-state index in [1.54, 1.807) is 6.20 Å². The van der Waals surface area contributed by atoms with Gasteiger partial charge >= 0.3 is 0 Å². The predicted octanol–water partition coefficient (Wildman–Crippen LogP) is 2.48. The van der Waals surface area contributed by atoms with Crippen molar-refractivity contribution in [1.82, 2.24) is 10.3 Å². The Morgan fingerprint density at radius 2 is 2.36 bits per heavy atom. The molecule has 0 aliphatic carbocycles. The fourth-order valence-electron chi connectivity index (χ4n) is 1.18. The summed E-state index contributed by atoms with van der Waals surface area (Å²) in [7, 11) is 0. The highest BCUT2D eigenvalue weighted by Gasteiger charge is 1.84. The third-order valence-electron chi connectivity index (χ3n) is 1.91. The van der Waals surface area contributed by atoms with Gasteiger partial charge in [-0.25, -0.2) is 0 Å². The average molecular weight is 190 g/mol. The van der Waals surface area contributed by atoms with E-state index in [9.17, 15) is 0 Å². The molecule has 76 valence electrons. The van der Waals surface area contributed by atoms with Crippen molar-refractivity contribution < 1.29 is 0 Å². The second-order valence-electron chi connectivity index (χ2n) is 3.23. The van der Waals surface area contributed by atoms with Gasteiger partial charge in [-0.2, -0.15) is 0 Å². The molecule has 1 aromatic rings. The molecule has 0 fully saturated rings. The van der Waals surface area contributed by atoms with Crippen LogP contribution in [0.5, 0.6) is 0 Å². The first-order valence-corrected chi connectivity index (χ1v) is 5.20. The average Bonchev–Trinajstić information content (AvgIpc) is 2.25. The number of nitrogens with one attached hydrogen (secondary N) is 1. The van der Waals surface area contributed by atoms with E-state index < -0.39 is 0 Å². The van der Waals surface area contributed by atoms with E-state index in [2.05, 4.69) is 35.4 Å². The second kappa shape index (κ2) is 7.27. The normalized spacial score (nSPS) is 10.9. The largest absolute Gasteiger partial charge is 0.316 e. The summed E-state index contributed by atoms with van der Waals surface area (Å²) in [5.74, 6) is 0.